The molecule has 4 aliphatic rings. The molecule has 5 rings (SSSR count). The van der Waals surface area contributed by atoms with E-state index in [0.29, 0.717) is 6.04 Å². The van der Waals surface area contributed by atoms with E-state index in [1.165, 1.54) is 44.2 Å². The standard InChI is InChI=1S/C16H19F2N/c17-14-2-1-13(8-15(14)18)19-16-11-4-9-3-10(6-11)7-12(16)5-9/h1-2,8-12,16,19H,3-7H2. The van der Waals surface area contributed by atoms with Crippen molar-refractivity contribution in [1.82, 2.24) is 0 Å². The van der Waals surface area contributed by atoms with E-state index in [-0.39, 0.29) is 0 Å². The molecule has 1 N–H and O–H groups in total. The Bertz CT molecular complexity index is 472. The lowest BCUT2D eigenvalue weighted by atomic mass is 9.54. The fraction of sp³-hybridized carbons (Fsp3) is 0.625. The minimum Gasteiger partial charge on any atom is -0.382 e. The Kier molecular flexibility index (Phi) is 2.58. The predicted octanol–water partition coefficient (Wildman–Crippen LogP) is 4.20. The maximum Gasteiger partial charge on any atom is 0.160 e. The molecule has 0 aromatic heterocycles. The molecule has 0 amide bonds. The van der Waals surface area contributed by atoms with Crippen molar-refractivity contribution < 1.29 is 8.78 Å². The number of hydrogen-bond donors (Lipinski definition) is 1. The van der Waals surface area contributed by atoms with Gasteiger partial charge in [-0.1, -0.05) is 0 Å². The van der Waals surface area contributed by atoms with Gasteiger partial charge in [0, 0.05) is 17.8 Å². The Labute approximate surface area is 112 Å². The van der Waals surface area contributed by atoms with Crippen LogP contribution in [0.15, 0.2) is 18.2 Å². The Hall–Kier alpha value is -1.12. The maximum absolute atomic E-state index is 13.3. The van der Waals surface area contributed by atoms with Crippen molar-refractivity contribution in [3.05, 3.63) is 29.8 Å². The van der Waals surface area contributed by atoms with Gasteiger partial charge in [0.05, 0.1) is 0 Å². The maximum atomic E-state index is 13.3. The number of nitrogens with one attached hydrogen (secondary N) is 1. The van der Waals surface area contributed by atoms with Crippen molar-refractivity contribution in [2.45, 2.75) is 38.1 Å². The highest BCUT2D eigenvalue weighted by Gasteiger charge is 2.48. The first-order chi connectivity index (χ1) is 9.19. The summed E-state index contributed by atoms with van der Waals surface area (Å²) in [6.45, 7) is 0. The molecule has 0 unspecified atom stereocenters. The van der Waals surface area contributed by atoms with Gasteiger partial charge in [0.2, 0.25) is 0 Å². The summed E-state index contributed by atoms with van der Waals surface area (Å²) >= 11 is 0. The first kappa shape index (κ1) is 11.7. The number of rotatable bonds is 2. The first-order valence-electron chi connectivity index (χ1n) is 7.40. The van der Waals surface area contributed by atoms with Gasteiger partial charge in [0.15, 0.2) is 11.6 Å². The van der Waals surface area contributed by atoms with Gasteiger partial charge < -0.3 is 5.32 Å². The third-order valence-corrected chi connectivity index (χ3v) is 5.48. The Morgan fingerprint density at radius 3 is 2.05 bits per heavy atom. The van der Waals surface area contributed by atoms with Crippen LogP contribution in [0, 0.1) is 35.3 Å². The van der Waals surface area contributed by atoms with Gasteiger partial charge in [-0.25, -0.2) is 8.78 Å². The average Bonchev–Trinajstić information content (AvgIpc) is 2.37. The number of halogens is 2. The van der Waals surface area contributed by atoms with E-state index in [2.05, 4.69) is 5.32 Å². The van der Waals surface area contributed by atoms with Crippen LogP contribution in [0.2, 0.25) is 0 Å². The topological polar surface area (TPSA) is 12.0 Å². The van der Waals surface area contributed by atoms with Crippen LogP contribution in [-0.4, -0.2) is 6.04 Å². The van der Waals surface area contributed by atoms with E-state index in [9.17, 15) is 8.78 Å². The molecule has 0 spiro atoms. The van der Waals surface area contributed by atoms with Crippen molar-refractivity contribution in [1.29, 1.82) is 0 Å². The third-order valence-electron chi connectivity index (χ3n) is 5.48. The van der Waals surface area contributed by atoms with Crippen molar-refractivity contribution in [3.8, 4) is 0 Å². The first-order valence-corrected chi connectivity index (χ1v) is 7.40. The highest BCUT2D eigenvalue weighted by atomic mass is 19.2. The van der Waals surface area contributed by atoms with E-state index in [0.717, 1.165) is 29.4 Å². The second-order valence-corrected chi connectivity index (χ2v) is 6.73. The second kappa shape index (κ2) is 4.19. The lowest BCUT2D eigenvalue weighted by molar-refractivity contribution is 0.00753. The van der Waals surface area contributed by atoms with E-state index >= 15 is 0 Å². The monoisotopic (exact) mass is 263 g/mol. The van der Waals surface area contributed by atoms with Crippen molar-refractivity contribution >= 4 is 5.69 Å². The van der Waals surface area contributed by atoms with Gasteiger partial charge in [-0.3, -0.25) is 0 Å². The molecule has 102 valence electrons. The number of anilines is 1. The molecule has 1 aromatic rings. The summed E-state index contributed by atoms with van der Waals surface area (Å²) in [7, 11) is 0. The van der Waals surface area contributed by atoms with Crippen LogP contribution >= 0.6 is 0 Å². The van der Waals surface area contributed by atoms with Gasteiger partial charge in [0.25, 0.3) is 0 Å². The Morgan fingerprint density at radius 1 is 0.842 bits per heavy atom. The highest BCUT2D eigenvalue weighted by molar-refractivity contribution is 5.45. The van der Waals surface area contributed by atoms with Crippen molar-refractivity contribution in [2.75, 3.05) is 5.32 Å². The van der Waals surface area contributed by atoms with Gasteiger partial charge in [-0.15, -0.1) is 0 Å². The zero-order valence-electron chi connectivity index (χ0n) is 10.9. The summed E-state index contributed by atoms with van der Waals surface area (Å²) in [5.74, 6) is 1.83. The van der Waals surface area contributed by atoms with Crippen molar-refractivity contribution in [2.24, 2.45) is 23.7 Å². The summed E-state index contributed by atoms with van der Waals surface area (Å²) in [5.41, 5.74) is 0.733. The molecule has 0 radical (unpaired) electrons. The number of benzene rings is 1. The molecule has 4 fully saturated rings. The van der Waals surface area contributed by atoms with Gasteiger partial charge in [-0.2, -0.15) is 0 Å². The predicted molar refractivity (Wildman–Crippen MR) is 70.8 cm³/mol. The molecular formula is C16H19F2N. The summed E-state index contributed by atoms with van der Waals surface area (Å²) in [6, 6.07) is 4.63. The Morgan fingerprint density at radius 2 is 1.47 bits per heavy atom. The molecule has 19 heavy (non-hydrogen) atoms. The fourth-order valence-corrected chi connectivity index (χ4v) is 4.94. The smallest absolute Gasteiger partial charge is 0.160 e. The molecular weight excluding hydrogens is 244 g/mol. The summed E-state index contributed by atoms with van der Waals surface area (Å²) in [5, 5.41) is 3.49. The van der Waals surface area contributed by atoms with Crippen LogP contribution in [0.4, 0.5) is 14.5 Å². The zero-order valence-corrected chi connectivity index (χ0v) is 10.9. The largest absolute Gasteiger partial charge is 0.382 e. The minimum absolute atomic E-state index is 0.470. The molecule has 0 aliphatic heterocycles. The van der Waals surface area contributed by atoms with Gasteiger partial charge >= 0.3 is 0 Å². The lowest BCUT2D eigenvalue weighted by Gasteiger charge is -2.54. The van der Waals surface area contributed by atoms with Crippen LogP contribution in [-0.2, 0) is 0 Å². The molecule has 3 heteroatoms. The molecule has 0 atom stereocenters. The van der Waals surface area contributed by atoms with Crippen LogP contribution < -0.4 is 5.32 Å². The number of hydrogen-bond acceptors (Lipinski definition) is 1. The lowest BCUT2D eigenvalue weighted by Crippen LogP contribution is -2.51. The molecule has 0 heterocycles. The molecule has 4 aliphatic carbocycles. The fourth-order valence-electron chi connectivity index (χ4n) is 4.94. The van der Waals surface area contributed by atoms with Crippen LogP contribution in [0.25, 0.3) is 0 Å². The normalized spacial score (nSPS) is 39.6. The quantitative estimate of drug-likeness (QED) is 0.843. The Balaban J connectivity index is 1.55. The second-order valence-electron chi connectivity index (χ2n) is 6.73. The van der Waals surface area contributed by atoms with E-state index in [1.807, 2.05) is 0 Å². The van der Waals surface area contributed by atoms with E-state index in [4.69, 9.17) is 0 Å². The average molecular weight is 263 g/mol. The SMILES string of the molecule is Fc1ccc(NC2C3CC4CC(C3)CC2C4)cc1F. The van der Waals surface area contributed by atoms with Crippen LogP contribution in [0.3, 0.4) is 0 Å². The molecule has 1 nitrogen and oxygen atoms in total. The van der Waals surface area contributed by atoms with Crippen LogP contribution in [0.1, 0.15) is 32.1 Å². The molecule has 1 aromatic carbocycles. The zero-order chi connectivity index (χ0) is 13.0. The molecule has 4 saturated carbocycles. The summed E-state index contributed by atoms with van der Waals surface area (Å²) in [6.07, 6.45) is 6.75. The van der Waals surface area contributed by atoms with E-state index in [1.54, 1.807) is 6.07 Å². The van der Waals surface area contributed by atoms with Crippen LogP contribution in [0.5, 0.6) is 0 Å². The van der Waals surface area contributed by atoms with E-state index < -0.39 is 11.6 Å². The van der Waals surface area contributed by atoms with Gasteiger partial charge in [-0.05, 0) is 67.9 Å². The minimum atomic E-state index is -0.768. The summed E-state index contributed by atoms with van der Waals surface area (Å²) < 4.78 is 26.2. The van der Waals surface area contributed by atoms with Crippen molar-refractivity contribution in [3.63, 3.8) is 0 Å². The summed E-state index contributed by atoms with van der Waals surface area (Å²) in [4.78, 5) is 0. The van der Waals surface area contributed by atoms with Gasteiger partial charge in [0.1, 0.15) is 0 Å². The molecule has 0 saturated heterocycles. The third kappa shape index (κ3) is 1.94. The molecule has 4 bridgehead atoms. The highest BCUT2D eigenvalue weighted by Crippen LogP contribution is 2.54.